The molecule has 17 nitrogen and oxygen atoms in total. The summed E-state index contributed by atoms with van der Waals surface area (Å²) in [7, 11) is 0. The van der Waals surface area contributed by atoms with Gasteiger partial charge >= 0.3 is 18.1 Å². The number of hydrogen-bond donors (Lipinski definition) is 3. The normalized spacial score (nSPS) is 22.8. The molecule has 19 heteroatoms. The third-order valence-corrected chi connectivity index (χ3v) is 11.7. The van der Waals surface area contributed by atoms with Crippen LogP contribution in [0.3, 0.4) is 0 Å². The van der Waals surface area contributed by atoms with Gasteiger partial charge in [0.1, 0.15) is 18.9 Å². The highest BCUT2D eigenvalue weighted by Crippen LogP contribution is 2.52. The summed E-state index contributed by atoms with van der Waals surface area (Å²) in [5.74, 6) is -1.15. The number of benzene rings is 2. The lowest BCUT2D eigenvalue weighted by Crippen LogP contribution is -2.63. The van der Waals surface area contributed by atoms with Gasteiger partial charge in [-0.25, -0.2) is 14.4 Å². The summed E-state index contributed by atoms with van der Waals surface area (Å²) in [5.41, 5.74) is 6.12. The van der Waals surface area contributed by atoms with Gasteiger partial charge < -0.3 is 35.4 Å². The number of urea groups is 1. The first kappa shape index (κ1) is 38.4. The number of hydrogen-bond acceptors (Lipinski definition) is 13. The quantitative estimate of drug-likeness (QED) is 0.0776. The maximum atomic E-state index is 13.7. The van der Waals surface area contributed by atoms with Gasteiger partial charge in [-0.15, -0.1) is 11.8 Å². The second kappa shape index (κ2) is 16.6. The monoisotopic (exact) mass is 758 g/mol. The molecular formula is C33H38N6O11S2. The van der Waals surface area contributed by atoms with Crippen LogP contribution in [0, 0.1) is 32.1 Å². The van der Waals surface area contributed by atoms with Gasteiger partial charge in [0.15, 0.2) is 0 Å². The Morgan fingerprint density at radius 3 is 2.13 bits per heavy atom. The lowest BCUT2D eigenvalue weighted by atomic mass is 9.79. The predicted octanol–water partition coefficient (Wildman–Crippen LogP) is 3.53. The molecule has 4 amide bonds. The lowest BCUT2D eigenvalue weighted by molar-refractivity contribution is -0.385. The van der Waals surface area contributed by atoms with Crippen molar-refractivity contribution in [2.24, 2.45) is 17.6 Å². The van der Waals surface area contributed by atoms with Crippen molar-refractivity contribution in [1.29, 1.82) is 0 Å². The van der Waals surface area contributed by atoms with Crippen molar-refractivity contribution < 1.29 is 43.6 Å². The van der Waals surface area contributed by atoms with Crippen LogP contribution in [0.4, 0.5) is 21.0 Å². The van der Waals surface area contributed by atoms with Crippen molar-refractivity contribution in [2.45, 2.75) is 56.9 Å². The number of aliphatic hydroxyl groups is 1. The van der Waals surface area contributed by atoms with Crippen molar-refractivity contribution in [3.05, 3.63) is 90.5 Å². The minimum absolute atomic E-state index is 0.0777. The number of likely N-dealkylation sites (tertiary alicyclic amines) is 1. The van der Waals surface area contributed by atoms with Crippen LogP contribution in [0.5, 0.6) is 0 Å². The number of thioether (sulfide) groups is 2. The molecule has 0 unspecified atom stereocenters. The van der Waals surface area contributed by atoms with Gasteiger partial charge in [-0.05, 0) is 48.7 Å². The molecule has 2 saturated heterocycles. The SMILES string of the molecule is C[C@@H](O)[C@H]1C(=O)N2C(C(=O)OCc3ccc([N+](=O)[O-])cc3)=C(S[C@H]3C[C@@H](CSCCNC(N)=O)N(C(=O)OCc4ccc([N+](=O)[O-])cc4)C3)[C@H](C)[C@H]12. The number of aliphatic hydroxyl groups excluding tert-OH is 1. The van der Waals surface area contributed by atoms with E-state index in [2.05, 4.69) is 5.32 Å². The van der Waals surface area contributed by atoms with Gasteiger partial charge in [-0.3, -0.25) is 25.0 Å². The lowest BCUT2D eigenvalue weighted by Gasteiger charge is -2.46. The first-order valence-corrected chi connectivity index (χ1v) is 18.4. The number of rotatable bonds is 15. The van der Waals surface area contributed by atoms with Crippen molar-refractivity contribution in [3.63, 3.8) is 0 Å². The highest BCUT2D eigenvalue weighted by atomic mass is 32.2. The van der Waals surface area contributed by atoms with E-state index in [1.165, 1.54) is 83.9 Å². The standard InChI is InChI=1S/C33H38N6O11S2/c1-18-27-26(19(2)40)30(41)37(27)28(31(42)49-15-20-3-7-22(8-4-20)38(45)46)29(18)52-25-13-24(17-51-12-11-35-32(34)43)36(14-25)33(44)50-16-21-5-9-23(10-6-21)39(47)48/h3-10,18-19,24-27,40H,11-17H2,1-2H3,(H3,34,35,43)/t18-,19-,24+,25+,26-,27-/m1/s1. The number of nitro benzene ring substituents is 2. The molecule has 0 bridgehead atoms. The van der Waals surface area contributed by atoms with Crippen LogP contribution in [0.2, 0.25) is 0 Å². The number of nitrogens with zero attached hydrogens (tertiary/aromatic N) is 4. The summed E-state index contributed by atoms with van der Waals surface area (Å²) in [4.78, 5) is 76.0. The Morgan fingerprint density at radius 1 is 1.02 bits per heavy atom. The molecule has 3 aliphatic heterocycles. The Hall–Kier alpha value is -4.88. The highest BCUT2D eigenvalue weighted by molar-refractivity contribution is 8.03. The molecule has 52 heavy (non-hydrogen) atoms. The molecule has 6 atom stereocenters. The predicted molar refractivity (Wildman–Crippen MR) is 190 cm³/mol. The number of nitrogens with one attached hydrogen (secondary N) is 1. The van der Waals surface area contributed by atoms with Crippen molar-refractivity contribution in [2.75, 3.05) is 24.6 Å². The van der Waals surface area contributed by atoms with E-state index in [0.29, 0.717) is 40.5 Å². The number of carbonyl (C=O) groups excluding carboxylic acids is 4. The maximum Gasteiger partial charge on any atom is 0.410 e. The van der Waals surface area contributed by atoms with Gasteiger partial charge in [0.2, 0.25) is 5.91 Å². The molecule has 2 fully saturated rings. The van der Waals surface area contributed by atoms with E-state index >= 15 is 0 Å². The fourth-order valence-corrected chi connectivity index (χ4v) is 9.09. The molecule has 0 spiro atoms. The minimum Gasteiger partial charge on any atom is -0.456 e. The number of esters is 1. The fraction of sp³-hybridized carbons (Fsp3) is 0.455. The van der Waals surface area contributed by atoms with Crippen LogP contribution in [-0.4, -0.2) is 96.8 Å². The molecular weight excluding hydrogens is 721 g/mol. The van der Waals surface area contributed by atoms with E-state index in [0.717, 1.165) is 0 Å². The van der Waals surface area contributed by atoms with Crippen molar-refractivity contribution in [1.82, 2.24) is 15.1 Å². The zero-order valence-corrected chi connectivity index (χ0v) is 29.9. The van der Waals surface area contributed by atoms with Gasteiger partial charge in [-0.1, -0.05) is 6.92 Å². The Balaban J connectivity index is 1.33. The third kappa shape index (κ3) is 8.59. The number of nitro groups is 2. The largest absolute Gasteiger partial charge is 0.456 e. The smallest absolute Gasteiger partial charge is 0.410 e. The van der Waals surface area contributed by atoms with E-state index in [1.807, 2.05) is 6.92 Å². The number of amides is 4. The summed E-state index contributed by atoms with van der Waals surface area (Å²) in [6, 6.07) is 9.82. The van der Waals surface area contributed by atoms with Crippen molar-refractivity contribution >= 4 is 58.9 Å². The fourth-order valence-electron chi connectivity index (χ4n) is 6.53. The molecule has 3 heterocycles. The molecule has 4 N–H and O–H groups in total. The first-order valence-electron chi connectivity index (χ1n) is 16.4. The minimum atomic E-state index is -0.948. The topological polar surface area (TPSA) is 238 Å². The summed E-state index contributed by atoms with van der Waals surface area (Å²) in [5, 5.41) is 34.7. The zero-order valence-electron chi connectivity index (χ0n) is 28.2. The summed E-state index contributed by atoms with van der Waals surface area (Å²) < 4.78 is 11.2. The molecule has 278 valence electrons. The number of ether oxygens (including phenoxy) is 2. The number of nitrogens with two attached hydrogens (primary N) is 1. The van der Waals surface area contributed by atoms with Crippen LogP contribution in [0.25, 0.3) is 0 Å². The van der Waals surface area contributed by atoms with Crippen LogP contribution in [0.15, 0.2) is 59.1 Å². The van der Waals surface area contributed by atoms with Crippen LogP contribution < -0.4 is 11.1 Å². The van der Waals surface area contributed by atoms with E-state index in [4.69, 9.17) is 15.2 Å². The number of carbonyl (C=O) groups is 4. The van der Waals surface area contributed by atoms with Crippen LogP contribution in [-0.2, 0) is 32.3 Å². The van der Waals surface area contributed by atoms with E-state index < -0.39 is 51.9 Å². The second-order valence-corrected chi connectivity index (χ2v) is 15.1. The average Bonchev–Trinajstić information content (AvgIpc) is 3.61. The Labute approximate surface area is 306 Å². The van der Waals surface area contributed by atoms with Crippen molar-refractivity contribution in [3.8, 4) is 0 Å². The number of β-lactam (4-membered cyclic amide) rings is 1. The second-order valence-electron chi connectivity index (χ2n) is 12.6. The molecule has 2 aromatic rings. The Kier molecular flexibility index (Phi) is 12.3. The molecule has 5 rings (SSSR count). The summed E-state index contributed by atoms with van der Waals surface area (Å²) in [6.45, 7) is 3.68. The van der Waals surface area contributed by atoms with E-state index in [1.54, 1.807) is 4.90 Å². The van der Waals surface area contributed by atoms with Gasteiger partial charge in [0.25, 0.3) is 11.4 Å². The Bertz CT molecular complexity index is 1740. The third-order valence-electron chi connectivity index (χ3n) is 9.09. The molecule has 0 radical (unpaired) electrons. The Morgan fingerprint density at radius 2 is 1.60 bits per heavy atom. The number of fused-ring (bicyclic) bond motifs is 1. The van der Waals surface area contributed by atoms with Crippen LogP contribution in [0.1, 0.15) is 31.4 Å². The van der Waals surface area contributed by atoms with E-state index in [9.17, 15) is 44.5 Å². The summed E-state index contributed by atoms with van der Waals surface area (Å²) >= 11 is 2.88. The molecule has 0 aromatic heterocycles. The van der Waals surface area contributed by atoms with Gasteiger partial charge in [0.05, 0.1) is 27.9 Å². The molecule has 3 aliphatic rings. The number of primary amides is 1. The zero-order chi connectivity index (χ0) is 37.7. The first-order chi connectivity index (χ1) is 24.8. The molecule has 2 aromatic carbocycles. The van der Waals surface area contributed by atoms with Gasteiger partial charge in [0, 0.05) is 71.0 Å². The van der Waals surface area contributed by atoms with Crippen LogP contribution >= 0.6 is 23.5 Å². The molecule has 0 saturated carbocycles. The van der Waals surface area contributed by atoms with Gasteiger partial charge in [-0.2, -0.15) is 11.8 Å². The average molecular weight is 759 g/mol. The maximum absolute atomic E-state index is 13.7. The molecule has 0 aliphatic carbocycles. The summed E-state index contributed by atoms with van der Waals surface area (Å²) in [6.07, 6.45) is -1.03. The number of non-ortho nitro benzene ring substituents is 2. The highest BCUT2D eigenvalue weighted by Gasteiger charge is 2.60. The van der Waals surface area contributed by atoms with E-state index in [-0.39, 0.29) is 54.0 Å².